The van der Waals surface area contributed by atoms with Crippen molar-refractivity contribution in [2.45, 2.75) is 44.2 Å². The van der Waals surface area contributed by atoms with E-state index in [1.165, 1.54) is 18.2 Å². The number of rotatable bonds is 14. The molecule has 15 nitrogen and oxygen atoms in total. The minimum atomic E-state index is -4.73. The molecule has 2 aromatic heterocycles. The lowest BCUT2D eigenvalue weighted by atomic mass is 10.0. The van der Waals surface area contributed by atoms with Crippen molar-refractivity contribution < 1.29 is 27.6 Å². The average molecular weight is 894 g/mol. The van der Waals surface area contributed by atoms with E-state index in [2.05, 4.69) is 24.8 Å². The Kier molecular flexibility index (Phi) is 12.9. The van der Waals surface area contributed by atoms with Gasteiger partial charge in [-0.3, -0.25) is 24.6 Å². The molecule has 3 N–H and O–H groups in total. The number of sulfonamides is 1. The summed E-state index contributed by atoms with van der Waals surface area (Å²) in [6, 6.07) is 25.1. The molecule has 328 valence electrons. The van der Waals surface area contributed by atoms with Crippen molar-refractivity contribution >= 4 is 55.5 Å². The number of pyridine rings is 1. The second kappa shape index (κ2) is 18.6. The second-order valence-corrected chi connectivity index (χ2v) is 18.2. The molecule has 6 aromatic rings. The largest absolute Gasteiger partial charge is 0.456 e. The number of carbonyl (C=O) groups is 1. The SMILES string of the molecule is CC(C)n1cc(CN2CCN(c3ccc(C(=O)NS(=O)(=O)c4ccc(NCC5CCOCC5)cc4[N+](=O)[O-])c(Oc4ccc5[nH]ccc5c4)c3)CC2)c(-c2ccc(Cl)cc2)cc1=O. The van der Waals surface area contributed by atoms with Gasteiger partial charge in [0.05, 0.1) is 10.5 Å². The predicted molar refractivity (Wildman–Crippen MR) is 244 cm³/mol. The van der Waals surface area contributed by atoms with Gasteiger partial charge in [0.15, 0.2) is 4.90 Å². The third-order valence-corrected chi connectivity index (χ3v) is 13.2. The van der Waals surface area contributed by atoms with Gasteiger partial charge in [0.25, 0.3) is 27.2 Å². The number of benzene rings is 4. The molecule has 2 aliphatic heterocycles. The number of nitrogens with one attached hydrogen (secondary N) is 3. The maximum absolute atomic E-state index is 14.0. The van der Waals surface area contributed by atoms with Crippen LogP contribution < -0.4 is 25.2 Å². The summed E-state index contributed by atoms with van der Waals surface area (Å²) in [5, 5.41) is 16.8. The summed E-state index contributed by atoms with van der Waals surface area (Å²) in [4.78, 5) is 45.4. The number of piperazine rings is 1. The molecule has 0 aliphatic carbocycles. The van der Waals surface area contributed by atoms with E-state index >= 15 is 0 Å². The summed E-state index contributed by atoms with van der Waals surface area (Å²) in [5.41, 5.74) is 3.99. The molecule has 8 rings (SSSR count). The summed E-state index contributed by atoms with van der Waals surface area (Å²) in [6.07, 6.45) is 5.45. The molecule has 0 radical (unpaired) electrons. The zero-order chi connectivity index (χ0) is 44.3. The highest BCUT2D eigenvalue weighted by atomic mass is 35.5. The fourth-order valence-electron chi connectivity index (χ4n) is 8.07. The first-order chi connectivity index (χ1) is 30.3. The number of carbonyl (C=O) groups excluding carboxylic acids is 1. The maximum Gasteiger partial charge on any atom is 0.291 e. The number of nitro benzene ring substituents is 1. The van der Waals surface area contributed by atoms with Crippen molar-refractivity contribution in [3.8, 4) is 22.6 Å². The summed E-state index contributed by atoms with van der Waals surface area (Å²) in [5.74, 6) is -0.179. The van der Waals surface area contributed by atoms with Gasteiger partial charge in [0.1, 0.15) is 11.5 Å². The Morgan fingerprint density at radius 3 is 2.46 bits per heavy atom. The van der Waals surface area contributed by atoms with Crippen molar-refractivity contribution in [2.24, 2.45) is 5.92 Å². The first-order valence-corrected chi connectivity index (χ1v) is 22.7. The molecular weight excluding hydrogens is 846 g/mol. The van der Waals surface area contributed by atoms with Gasteiger partial charge in [-0.15, -0.1) is 0 Å². The summed E-state index contributed by atoms with van der Waals surface area (Å²) >= 11 is 6.18. The molecule has 2 saturated heterocycles. The lowest BCUT2D eigenvalue weighted by Crippen LogP contribution is -2.46. The molecule has 2 fully saturated rings. The summed E-state index contributed by atoms with van der Waals surface area (Å²) < 4.78 is 43.1. The van der Waals surface area contributed by atoms with E-state index < -0.39 is 31.4 Å². The molecule has 2 aliphatic rings. The zero-order valence-electron chi connectivity index (χ0n) is 34.9. The quantitative estimate of drug-likeness (QED) is 0.0708. The number of nitro groups is 1. The Morgan fingerprint density at radius 1 is 0.968 bits per heavy atom. The van der Waals surface area contributed by atoms with Crippen LogP contribution in [-0.2, 0) is 21.3 Å². The molecule has 1 amide bonds. The number of fused-ring (bicyclic) bond motifs is 1. The number of ether oxygens (including phenoxy) is 2. The normalized spacial score (nSPS) is 15.1. The molecular formula is C46H48ClN7O8S. The van der Waals surface area contributed by atoms with Gasteiger partial charge in [-0.25, -0.2) is 13.1 Å². The van der Waals surface area contributed by atoms with E-state index in [-0.39, 0.29) is 22.9 Å². The lowest BCUT2D eigenvalue weighted by Gasteiger charge is -2.36. The standard InChI is InChI=1S/C46H48ClN7O8S/c1-30(2)53-29-34(40(26-45(53)55)32-3-5-35(47)6-4-32)28-51-17-19-52(20-18-51)37-8-10-39(43(25-37)62-38-9-11-41-33(23-38)13-16-48-41)46(56)50-63(59,60)44-12-7-36(24-42(44)54(57)58)49-27-31-14-21-61-22-15-31/h3-13,16,23-26,29-31,48-49H,14-15,17-22,27-28H2,1-2H3,(H,50,56). The van der Waals surface area contributed by atoms with Crippen LogP contribution in [0.5, 0.6) is 11.5 Å². The van der Waals surface area contributed by atoms with Crippen molar-refractivity contribution in [2.75, 3.05) is 56.2 Å². The van der Waals surface area contributed by atoms with Crippen LogP contribution in [0, 0.1) is 16.0 Å². The van der Waals surface area contributed by atoms with Crippen molar-refractivity contribution in [1.82, 2.24) is 19.2 Å². The molecule has 0 unspecified atom stereocenters. The van der Waals surface area contributed by atoms with Crippen LogP contribution >= 0.6 is 11.6 Å². The van der Waals surface area contributed by atoms with Crippen LogP contribution in [0.4, 0.5) is 17.1 Å². The molecule has 0 spiro atoms. The van der Waals surface area contributed by atoms with Crippen LogP contribution in [-0.4, -0.2) is 79.6 Å². The number of nitrogens with zero attached hydrogens (tertiary/aromatic N) is 4. The van der Waals surface area contributed by atoms with Gasteiger partial charge < -0.3 is 29.2 Å². The van der Waals surface area contributed by atoms with Crippen molar-refractivity contribution in [3.05, 3.63) is 140 Å². The molecule has 17 heteroatoms. The third kappa shape index (κ3) is 10.0. The minimum absolute atomic E-state index is 0.0151. The molecule has 63 heavy (non-hydrogen) atoms. The Bertz CT molecular complexity index is 2810. The topological polar surface area (TPSA) is 181 Å². The minimum Gasteiger partial charge on any atom is -0.456 e. The second-order valence-electron chi connectivity index (χ2n) is 16.1. The van der Waals surface area contributed by atoms with E-state index in [1.54, 1.807) is 41.1 Å². The van der Waals surface area contributed by atoms with Crippen molar-refractivity contribution in [3.63, 3.8) is 0 Å². The Labute approximate surface area is 369 Å². The Morgan fingerprint density at radius 2 is 1.73 bits per heavy atom. The molecule has 4 aromatic carbocycles. The van der Waals surface area contributed by atoms with Crippen LogP contribution in [0.1, 0.15) is 48.7 Å². The van der Waals surface area contributed by atoms with E-state index in [9.17, 15) is 28.1 Å². The number of amides is 1. The highest BCUT2D eigenvalue weighted by molar-refractivity contribution is 7.90. The summed E-state index contributed by atoms with van der Waals surface area (Å²) in [7, 11) is -4.73. The highest BCUT2D eigenvalue weighted by Crippen LogP contribution is 2.34. The third-order valence-electron chi connectivity index (χ3n) is 11.6. The Hall–Kier alpha value is -6.20. The van der Waals surface area contributed by atoms with Crippen LogP contribution in [0.25, 0.3) is 22.0 Å². The van der Waals surface area contributed by atoms with Gasteiger partial charge >= 0.3 is 0 Å². The van der Waals surface area contributed by atoms with E-state index in [4.69, 9.17) is 21.1 Å². The fraction of sp³-hybridized carbons (Fsp3) is 0.304. The number of anilines is 2. The van der Waals surface area contributed by atoms with E-state index in [1.807, 2.05) is 56.4 Å². The van der Waals surface area contributed by atoms with Crippen LogP contribution in [0.2, 0.25) is 5.02 Å². The number of hydrogen-bond donors (Lipinski definition) is 3. The zero-order valence-corrected chi connectivity index (χ0v) is 36.5. The average Bonchev–Trinajstić information content (AvgIpc) is 3.75. The highest BCUT2D eigenvalue weighted by Gasteiger charge is 2.30. The van der Waals surface area contributed by atoms with Gasteiger partial charge in [-0.05, 0) is 110 Å². The predicted octanol–water partition coefficient (Wildman–Crippen LogP) is 8.21. The van der Waals surface area contributed by atoms with Crippen LogP contribution in [0.3, 0.4) is 0 Å². The number of aromatic amines is 1. The van der Waals surface area contributed by atoms with Gasteiger partial charge in [-0.2, -0.15) is 0 Å². The number of halogens is 1. The Balaban J connectivity index is 1.02. The van der Waals surface area contributed by atoms with E-state index in [0.29, 0.717) is 74.9 Å². The van der Waals surface area contributed by atoms with Crippen molar-refractivity contribution in [1.29, 1.82) is 0 Å². The number of H-pyrrole nitrogens is 1. The maximum atomic E-state index is 14.0. The molecule has 0 atom stereocenters. The first kappa shape index (κ1) is 43.4. The number of hydrogen-bond acceptors (Lipinski definition) is 11. The molecule has 4 heterocycles. The molecule has 0 saturated carbocycles. The fourth-order valence-corrected chi connectivity index (χ4v) is 9.31. The smallest absolute Gasteiger partial charge is 0.291 e. The van der Waals surface area contributed by atoms with Crippen LogP contribution in [0.15, 0.2) is 113 Å². The summed E-state index contributed by atoms with van der Waals surface area (Å²) in [6.45, 7) is 9.03. The number of aromatic nitrogens is 2. The monoisotopic (exact) mass is 893 g/mol. The van der Waals surface area contributed by atoms with Gasteiger partial charge in [0.2, 0.25) is 0 Å². The molecule has 0 bridgehead atoms. The van der Waals surface area contributed by atoms with E-state index in [0.717, 1.165) is 52.2 Å². The lowest BCUT2D eigenvalue weighted by molar-refractivity contribution is -0.387. The van der Waals surface area contributed by atoms with Gasteiger partial charge in [0, 0.05) is 116 Å². The van der Waals surface area contributed by atoms with Gasteiger partial charge in [-0.1, -0.05) is 23.7 Å². The first-order valence-electron chi connectivity index (χ1n) is 20.9.